The van der Waals surface area contributed by atoms with Gasteiger partial charge in [0.05, 0.1) is 39.4 Å². The normalized spacial score (nSPS) is 24.1. The number of phenolic OH excluding ortho intramolecular Hbond substituents is 1. The van der Waals surface area contributed by atoms with E-state index in [2.05, 4.69) is 15.4 Å². The Morgan fingerprint density at radius 1 is 0.831 bits per heavy atom. The molecular weight excluding hydrogens is 882 g/mol. The molecule has 4 heterocycles. The second-order valence-corrected chi connectivity index (χ2v) is 17.5. The number of alkyl halides is 3. The number of allylic oxidation sites excluding steroid dienone is 2. The van der Waals surface area contributed by atoms with Crippen LogP contribution >= 0.6 is 23.2 Å². The molecule has 3 fully saturated rings. The molecule has 6 atom stereocenters. The summed E-state index contributed by atoms with van der Waals surface area (Å²) in [4.78, 5) is 69.9. The van der Waals surface area contributed by atoms with E-state index in [-0.39, 0.29) is 24.4 Å². The SMILES string of the molecule is O=C1C2CC3C(=CCC4C(=O)N(c5ccc(-c6nc7ccccc7o6)cc5)C(=O)C43)C(c3c(O)ccc4ccccc34)C2(c2ccc(Cl)cc2)C(=O)N1Nc1ncc(C(F)(F)F)cc1Cl. The summed E-state index contributed by atoms with van der Waals surface area (Å²) in [5.74, 6) is -7.71. The molecular formula is C49H32Cl2F3N5O6. The van der Waals surface area contributed by atoms with Crippen molar-refractivity contribution in [3.63, 3.8) is 0 Å². The monoisotopic (exact) mass is 913 g/mol. The van der Waals surface area contributed by atoms with Gasteiger partial charge in [0.1, 0.15) is 11.3 Å². The molecule has 0 spiro atoms. The number of hydrogen-bond donors (Lipinski definition) is 2. The molecule has 2 saturated heterocycles. The van der Waals surface area contributed by atoms with E-state index in [1.165, 1.54) is 11.0 Å². The van der Waals surface area contributed by atoms with Gasteiger partial charge in [-0.05, 0) is 95.8 Å². The molecule has 6 unspecified atom stereocenters. The maximum atomic E-state index is 15.7. The fourth-order valence-electron chi connectivity index (χ4n) is 10.7. The predicted molar refractivity (Wildman–Crippen MR) is 234 cm³/mol. The highest BCUT2D eigenvalue weighted by Crippen LogP contribution is 2.65. The van der Waals surface area contributed by atoms with E-state index in [9.17, 15) is 27.9 Å². The molecule has 2 aromatic heterocycles. The van der Waals surface area contributed by atoms with Gasteiger partial charge < -0.3 is 9.52 Å². The number of hydrazine groups is 1. The Hall–Kier alpha value is -7.03. The van der Waals surface area contributed by atoms with Gasteiger partial charge in [-0.25, -0.2) is 9.97 Å². The molecule has 5 aromatic carbocycles. The largest absolute Gasteiger partial charge is 0.508 e. The van der Waals surface area contributed by atoms with E-state index in [1.807, 2.05) is 36.4 Å². The zero-order valence-electron chi connectivity index (χ0n) is 33.6. The Labute approximate surface area is 377 Å². The van der Waals surface area contributed by atoms with Crippen LogP contribution < -0.4 is 10.3 Å². The van der Waals surface area contributed by atoms with Crippen molar-refractivity contribution in [3.05, 3.63) is 160 Å². The fourth-order valence-corrected chi connectivity index (χ4v) is 11.0. The topological polar surface area (TPSA) is 146 Å². The van der Waals surface area contributed by atoms with Gasteiger partial charge in [0, 0.05) is 28.3 Å². The number of carbonyl (C=O) groups is 4. The number of halogens is 5. The van der Waals surface area contributed by atoms with Crippen LogP contribution in [0.1, 0.15) is 35.4 Å². The summed E-state index contributed by atoms with van der Waals surface area (Å²) in [6, 6.07) is 31.6. The van der Waals surface area contributed by atoms with Gasteiger partial charge in [-0.2, -0.15) is 18.2 Å². The highest BCUT2D eigenvalue weighted by atomic mass is 35.5. The number of nitrogens with zero attached hydrogens (tertiary/aromatic N) is 4. The molecule has 7 aromatic rings. The third-order valence-electron chi connectivity index (χ3n) is 13.5. The van der Waals surface area contributed by atoms with E-state index < -0.39 is 75.4 Å². The van der Waals surface area contributed by atoms with E-state index in [0.29, 0.717) is 73.0 Å². The third kappa shape index (κ3) is 6.10. The minimum Gasteiger partial charge on any atom is -0.508 e. The van der Waals surface area contributed by atoms with Gasteiger partial charge in [-0.15, -0.1) is 0 Å². The number of nitrogens with one attached hydrogen (secondary N) is 1. The summed E-state index contributed by atoms with van der Waals surface area (Å²) in [5.41, 5.74) is 3.14. The first-order valence-electron chi connectivity index (χ1n) is 20.6. The highest BCUT2D eigenvalue weighted by Gasteiger charge is 2.71. The number of oxazole rings is 1. The number of hydrogen-bond acceptors (Lipinski definition) is 9. The van der Waals surface area contributed by atoms with Crippen molar-refractivity contribution in [1.82, 2.24) is 15.0 Å². The lowest BCUT2D eigenvalue weighted by Gasteiger charge is -2.51. The quantitative estimate of drug-likeness (QED) is 0.123. The zero-order chi connectivity index (χ0) is 45.1. The van der Waals surface area contributed by atoms with Gasteiger partial charge in [0.2, 0.25) is 17.7 Å². The lowest BCUT2D eigenvalue weighted by atomic mass is 9.48. The molecule has 16 heteroatoms. The van der Waals surface area contributed by atoms with Gasteiger partial charge in [0.25, 0.3) is 11.8 Å². The first-order valence-corrected chi connectivity index (χ1v) is 21.4. The molecule has 2 aliphatic heterocycles. The van der Waals surface area contributed by atoms with Crippen LogP contribution in [0, 0.1) is 23.7 Å². The molecule has 2 N–H and O–H groups in total. The van der Waals surface area contributed by atoms with E-state index in [1.54, 1.807) is 72.8 Å². The number of fused-ring (bicyclic) bond motifs is 6. The molecule has 0 bridgehead atoms. The Morgan fingerprint density at radius 3 is 2.31 bits per heavy atom. The Balaban J connectivity index is 1.05. The summed E-state index contributed by atoms with van der Waals surface area (Å²) in [5, 5.41) is 13.9. The molecule has 324 valence electrons. The summed E-state index contributed by atoms with van der Waals surface area (Å²) in [7, 11) is 0. The molecule has 11 rings (SSSR count). The Bertz CT molecular complexity index is 3180. The first kappa shape index (κ1) is 40.7. The third-order valence-corrected chi connectivity index (χ3v) is 14.0. The van der Waals surface area contributed by atoms with Crippen LogP contribution in [0.2, 0.25) is 10.0 Å². The fraction of sp³-hybridized carbons (Fsp3) is 0.184. The molecule has 4 aliphatic rings. The van der Waals surface area contributed by atoms with Crippen molar-refractivity contribution >= 4 is 80.2 Å². The first-order chi connectivity index (χ1) is 31.2. The van der Waals surface area contributed by atoms with Crippen LogP contribution in [0.5, 0.6) is 5.75 Å². The molecule has 4 amide bonds. The van der Waals surface area contributed by atoms with Crippen LogP contribution in [0.4, 0.5) is 24.7 Å². The lowest BCUT2D eigenvalue weighted by molar-refractivity contribution is -0.139. The molecule has 1 saturated carbocycles. The number of amides is 4. The minimum atomic E-state index is -4.78. The van der Waals surface area contributed by atoms with Crippen molar-refractivity contribution in [3.8, 4) is 17.2 Å². The average molecular weight is 915 g/mol. The number of para-hydroxylation sites is 2. The summed E-state index contributed by atoms with van der Waals surface area (Å²) < 4.78 is 46.9. The van der Waals surface area contributed by atoms with Gasteiger partial charge >= 0.3 is 6.18 Å². The summed E-state index contributed by atoms with van der Waals surface area (Å²) in [6.45, 7) is 0. The number of carbonyl (C=O) groups excluding carboxylic acids is 4. The van der Waals surface area contributed by atoms with E-state index >= 15 is 9.59 Å². The van der Waals surface area contributed by atoms with Gasteiger partial charge in [0.15, 0.2) is 11.4 Å². The second kappa shape index (κ2) is 14.8. The highest BCUT2D eigenvalue weighted by molar-refractivity contribution is 6.33. The number of phenols is 1. The number of rotatable bonds is 6. The predicted octanol–water partition coefficient (Wildman–Crippen LogP) is 10.3. The molecule has 0 radical (unpaired) electrons. The van der Waals surface area contributed by atoms with E-state index in [4.69, 9.17) is 27.6 Å². The minimum absolute atomic E-state index is 0.0991. The standard InChI is InChI=1S/C49H32Cl2F3N5O6/c50-28-14-12-26(13-15-28)48-34(45(62)59(47(48)64)57-42-35(51)21-27(23-55-42)49(52,53)54)22-33-31(41(48)40-30-6-2-1-5-24(30)11-20-37(40)60)18-19-32-39(33)46(63)58(44(32)61)29-16-9-25(10-17-29)43-56-36-7-3-4-8-38(36)65-43/h1-18,20-21,23,32-34,39,41,60H,19,22H2,(H,55,57). The molecule has 65 heavy (non-hydrogen) atoms. The maximum Gasteiger partial charge on any atom is 0.417 e. The van der Waals surface area contributed by atoms with Crippen LogP contribution in [-0.2, 0) is 30.8 Å². The smallest absolute Gasteiger partial charge is 0.417 e. The lowest BCUT2D eigenvalue weighted by Crippen LogP contribution is -2.53. The van der Waals surface area contributed by atoms with Crippen LogP contribution in [0.25, 0.3) is 33.3 Å². The van der Waals surface area contributed by atoms with Crippen LogP contribution in [0.15, 0.2) is 138 Å². The Kier molecular flexibility index (Phi) is 9.25. The van der Waals surface area contributed by atoms with Crippen molar-refractivity contribution in [1.29, 1.82) is 0 Å². The number of aromatic nitrogens is 2. The number of pyridine rings is 1. The summed E-state index contributed by atoms with van der Waals surface area (Å²) in [6.07, 6.45) is -2.37. The van der Waals surface area contributed by atoms with Crippen molar-refractivity contribution in [2.45, 2.75) is 30.4 Å². The number of imide groups is 2. The van der Waals surface area contributed by atoms with Crippen LogP contribution in [0.3, 0.4) is 0 Å². The van der Waals surface area contributed by atoms with Crippen molar-refractivity contribution < 1.29 is 41.9 Å². The average Bonchev–Trinajstić information content (AvgIpc) is 3.91. The van der Waals surface area contributed by atoms with E-state index in [0.717, 1.165) is 5.01 Å². The zero-order valence-corrected chi connectivity index (χ0v) is 35.1. The van der Waals surface area contributed by atoms with Gasteiger partial charge in [-0.3, -0.25) is 29.5 Å². The Morgan fingerprint density at radius 2 is 1.57 bits per heavy atom. The molecule has 11 nitrogen and oxygen atoms in total. The second-order valence-electron chi connectivity index (χ2n) is 16.7. The van der Waals surface area contributed by atoms with Crippen LogP contribution in [-0.4, -0.2) is 43.7 Å². The number of benzene rings is 5. The number of aromatic hydroxyl groups is 1. The van der Waals surface area contributed by atoms with Crippen molar-refractivity contribution in [2.75, 3.05) is 10.3 Å². The van der Waals surface area contributed by atoms with Gasteiger partial charge in [-0.1, -0.05) is 89.4 Å². The molecule has 2 aliphatic carbocycles. The summed E-state index contributed by atoms with van der Waals surface area (Å²) >= 11 is 12.8. The maximum absolute atomic E-state index is 15.7. The van der Waals surface area contributed by atoms with Crippen molar-refractivity contribution in [2.24, 2.45) is 23.7 Å². The number of anilines is 2.